The second-order valence-electron chi connectivity index (χ2n) is 12.0. The summed E-state index contributed by atoms with van der Waals surface area (Å²) in [6.45, 7) is 0. The molecule has 0 spiro atoms. The molecule has 0 aliphatic rings. The molecule has 0 atom stereocenters. The highest BCUT2D eigenvalue weighted by molar-refractivity contribution is 6.12. The zero-order valence-corrected chi connectivity index (χ0v) is 25.8. The van der Waals surface area contributed by atoms with E-state index < -0.39 is 0 Å². The number of hydrogen-bond donors (Lipinski definition) is 0. The molecule has 0 amide bonds. The van der Waals surface area contributed by atoms with Gasteiger partial charge < -0.3 is 9.13 Å². The van der Waals surface area contributed by atoms with Crippen molar-refractivity contribution in [3.8, 4) is 45.8 Å². The molecule has 0 saturated heterocycles. The highest BCUT2D eigenvalue weighted by Gasteiger charge is 2.19. The Hall–Kier alpha value is -6.88. The molecule has 0 saturated carbocycles. The molecule has 0 N–H and O–H groups in total. The average Bonchev–Trinajstić information content (AvgIpc) is 3.68. The predicted molar refractivity (Wildman–Crippen MR) is 195 cm³/mol. The van der Waals surface area contributed by atoms with E-state index in [1.54, 1.807) is 0 Å². The van der Waals surface area contributed by atoms with E-state index in [1.807, 2.05) is 48.5 Å². The van der Waals surface area contributed by atoms with Gasteiger partial charge in [0.05, 0.1) is 45.0 Å². The number of fused-ring (bicyclic) bond motifs is 6. The van der Waals surface area contributed by atoms with Gasteiger partial charge in [0.25, 0.3) is 0 Å². The zero-order valence-electron chi connectivity index (χ0n) is 25.8. The van der Waals surface area contributed by atoms with Crippen LogP contribution in [0.3, 0.4) is 0 Å². The number of benzene rings is 7. The van der Waals surface area contributed by atoms with E-state index in [9.17, 15) is 10.5 Å². The number of rotatable bonds is 4. The summed E-state index contributed by atoms with van der Waals surface area (Å²) in [6, 6.07) is 58.9. The molecule has 48 heavy (non-hydrogen) atoms. The lowest BCUT2D eigenvalue weighted by Crippen LogP contribution is -1.99. The van der Waals surface area contributed by atoms with Crippen LogP contribution in [0.25, 0.3) is 77.2 Å². The van der Waals surface area contributed by atoms with Gasteiger partial charge in [-0.05, 0) is 65.7 Å². The Labute approximate surface area is 277 Å². The first-order chi connectivity index (χ1) is 23.7. The van der Waals surface area contributed by atoms with Gasteiger partial charge in [0.15, 0.2) is 0 Å². The van der Waals surface area contributed by atoms with E-state index in [0.29, 0.717) is 11.1 Å². The summed E-state index contributed by atoms with van der Waals surface area (Å²) in [5.41, 5.74) is 11.3. The lowest BCUT2D eigenvalue weighted by molar-refractivity contribution is 1.18. The van der Waals surface area contributed by atoms with Crippen molar-refractivity contribution in [3.05, 3.63) is 169 Å². The van der Waals surface area contributed by atoms with E-state index in [1.165, 1.54) is 10.8 Å². The minimum atomic E-state index is 0.617. The average molecular weight is 611 g/mol. The lowest BCUT2D eigenvalue weighted by atomic mass is 9.95. The minimum Gasteiger partial charge on any atom is -0.309 e. The van der Waals surface area contributed by atoms with Crippen LogP contribution >= 0.6 is 0 Å². The van der Waals surface area contributed by atoms with Crippen LogP contribution in [0.1, 0.15) is 11.1 Å². The summed E-state index contributed by atoms with van der Waals surface area (Å²) in [5.74, 6) is 0. The predicted octanol–water partition coefficient (Wildman–Crippen LogP) is 11.0. The molecule has 4 heteroatoms. The maximum Gasteiger partial charge on any atom is 0.101 e. The minimum absolute atomic E-state index is 0.617. The number of para-hydroxylation sites is 5. The van der Waals surface area contributed by atoms with Crippen molar-refractivity contribution in [1.82, 2.24) is 9.13 Å². The molecule has 2 heterocycles. The molecular formula is C44H26N4. The van der Waals surface area contributed by atoms with Crippen LogP contribution in [0.5, 0.6) is 0 Å². The second kappa shape index (κ2) is 10.9. The van der Waals surface area contributed by atoms with Gasteiger partial charge in [-0.2, -0.15) is 10.5 Å². The molecule has 0 unspecified atom stereocenters. The number of hydrogen-bond acceptors (Lipinski definition) is 2. The molecule has 0 radical (unpaired) electrons. The molecule has 0 aliphatic carbocycles. The first-order valence-electron chi connectivity index (χ1n) is 15.9. The summed E-state index contributed by atoms with van der Waals surface area (Å²) >= 11 is 0. The van der Waals surface area contributed by atoms with Crippen molar-refractivity contribution >= 4 is 43.6 Å². The molecule has 2 aromatic heterocycles. The normalized spacial score (nSPS) is 11.3. The van der Waals surface area contributed by atoms with Crippen molar-refractivity contribution in [2.24, 2.45) is 0 Å². The summed E-state index contributed by atoms with van der Waals surface area (Å²) in [7, 11) is 0. The molecule has 222 valence electrons. The van der Waals surface area contributed by atoms with Gasteiger partial charge in [0, 0.05) is 38.4 Å². The Morgan fingerprint density at radius 2 is 0.938 bits per heavy atom. The zero-order chi connectivity index (χ0) is 32.2. The Morgan fingerprint density at radius 1 is 0.396 bits per heavy atom. The fourth-order valence-electron chi connectivity index (χ4n) is 7.33. The third kappa shape index (κ3) is 4.07. The summed E-state index contributed by atoms with van der Waals surface area (Å²) in [6.07, 6.45) is 0. The molecule has 0 fully saturated rings. The summed E-state index contributed by atoms with van der Waals surface area (Å²) in [5, 5.41) is 25.0. The van der Waals surface area contributed by atoms with Crippen molar-refractivity contribution in [2.45, 2.75) is 0 Å². The van der Waals surface area contributed by atoms with Gasteiger partial charge >= 0.3 is 0 Å². The van der Waals surface area contributed by atoms with Crippen molar-refractivity contribution in [3.63, 3.8) is 0 Å². The van der Waals surface area contributed by atoms with E-state index in [4.69, 9.17) is 0 Å². The fraction of sp³-hybridized carbons (Fsp3) is 0. The lowest BCUT2D eigenvalue weighted by Gasteiger charge is -2.16. The van der Waals surface area contributed by atoms with E-state index in [-0.39, 0.29) is 0 Å². The SMILES string of the molecule is N#Cc1ccc(-n2c3ccccc3c3ccccc32)cc1-c1cccc(-c2ccccc2-n2c3ccccc3c3cccc(C#N)c32)c1. The Kier molecular flexibility index (Phi) is 6.22. The van der Waals surface area contributed by atoms with Crippen LogP contribution in [0.4, 0.5) is 0 Å². The first-order valence-corrected chi connectivity index (χ1v) is 15.9. The maximum absolute atomic E-state index is 10.3. The largest absolute Gasteiger partial charge is 0.309 e. The van der Waals surface area contributed by atoms with Crippen molar-refractivity contribution in [2.75, 3.05) is 0 Å². The first kappa shape index (κ1) is 27.4. The maximum atomic E-state index is 10.3. The van der Waals surface area contributed by atoms with Gasteiger partial charge in [-0.3, -0.25) is 0 Å². The van der Waals surface area contributed by atoms with Gasteiger partial charge in [0.2, 0.25) is 0 Å². The highest BCUT2D eigenvalue weighted by atomic mass is 15.0. The van der Waals surface area contributed by atoms with Gasteiger partial charge in [-0.1, -0.05) is 103 Å². The number of nitriles is 2. The van der Waals surface area contributed by atoms with E-state index in [0.717, 1.165) is 66.5 Å². The number of nitrogens with zero attached hydrogens (tertiary/aromatic N) is 4. The molecular weight excluding hydrogens is 585 g/mol. The van der Waals surface area contributed by atoms with Gasteiger partial charge in [-0.25, -0.2) is 0 Å². The quantitative estimate of drug-likeness (QED) is 0.199. The van der Waals surface area contributed by atoms with Gasteiger partial charge in [-0.15, -0.1) is 0 Å². The van der Waals surface area contributed by atoms with Crippen LogP contribution < -0.4 is 0 Å². The molecule has 9 aromatic rings. The Morgan fingerprint density at radius 3 is 1.62 bits per heavy atom. The van der Waals surface area contributed by atoms with Crippen LogP contribution in [0.15, 0.2) is 158 Å². The van der Waals surface area contributed by atoms with E-state index >= 15 is 0 Å². The Bertz CT molecular complexity index is 2760. The molecule has 7 aromatic carbocycles. The molecule has 4 nitrogen and oxygen atoms in total. The monoisotopic (exact) mass is 610 g/mol. The second-order valence-corrected chi connectivity index (χ2v) is 12.0. The van der Waals surface area contributed by atoms with Crippen LogP contribution in [0, 0.1) is 22.7 Å². The van der Waals surface area contributed by atoms with Crippen LogP contribution in [0.2, 0.25) is 0 Å². The fourth-order valence-corrected chi connectivity index (χ4v) is 7.33. The molecule has 0 bridgehead atoms. The molecule has 9 rings (SSSR count). The highest BCUT2D eigenvalue weighted by Crippen LogP contribution is 2.39. The standard InChI is InChI=1S/C44H26N4/c45-27-31-23-24-33(47-41-20-6-2-15-35(41)36-16-3-7-21-42(36)47)26-39(31)30-12-9-11-29(25-30)34-14-1-5-19-40(34)48-43-22-8-4-17-37(43)38-18-10-13-32(28-46)44(38)48/h1-26H. The van der Waals surface area contributed by atoms with Crippen LogP contribution in [-0.4, -0.2) is 9.13 Å². The van der Waals surface area contributed by atoms with Crippen molar-refractivity contribution in [1.29, 1.82) is 10.5 Å². The van der Waals surface area contributed by atoms with E-state index in [2.05, 4.69) is 130 Å². The third-order valence-corrected chi connectivity index (χ3v) is 9.41. The third-order valence-electron chi connectivity index (χ3n) is 9.41. The summed E-state index contributed by atoms with van der Waals surface area (Å²) in [4.78, 5) is 0. The Balaban J connectivity index is 1.25. The summed E-state index contributed by atoms with van der Waals surface area (Å²) < 4.78 is 4.50. The number of aromatic nitrogens is 2. The topological polar surface area (TPSA) is 57.4 Å². The van der Waals surface area contributed by atoms with Gasteiger partial charge in [0.1, 0.15) is 6.07 Å². The molecule has 0 aliphatic heterocycles. The van der Waals surface area contributed by atoms with Crippen LogP contribution in [-0.2, 0) is 0 Å². The van der Waals surface area contributed by atoms with Crippen molar-refractivity contribution < 1.29 is 0 Å². The smallest absolute Gasteiger partial charge is 0.101 e.